The molecule has 0 spiro atoms. The lowest BCUT2D eigenvalue weighted by atomic mass is 10.0. The maximum absolute atomic E-state index is 11.8. The molecule has 0 saturated heterocycles. The SMILES string of the molecule is CC(C)=CCC[C@@H](C)CC(=O)Nc1ccc(N)cc1. The first-order valence-electron chi connectivity index (χ1n) is 6.76. The topological polar surface area (TPSA) is 55.1 Å². The summed E-state index contributed by atoms with van der Waals surface area (Å²) in [4.78, 5) is 11.8. The fraction of sp³-hybridized carbons (Fsp3) is 0.438. The molecule has 1 aromatic rings. The van der Waals surface area contributed by atoms with Gasteiger partial charge in [0.15, 0.2) is 0 Å². The molecule has 0 radical (unpaired) electrons. The molecule has 1 amide bonds. The third-order valence-corrected chi connectivity index (χ3v) is 2.94. The summed E-state index contributed by atoms with van der Waals surface area (Å²) in [7, 11) is 0. The molecule has 1 aromatic carbocycles. The van der Waals surface area contributed by atoms with Crippen molar-refractivity contribution in [3.05, 3.63) is 35.9 Å². The van der Waals surface area contributed by atoms with Gasteiger partial charge in [-0.3, -0.25) is 4.79 Å². The van der Waals surface area contributed by atoms with Gasteiger partial charge in [-0.15, -0.1) is 0 Å². The molecule has 0 aliphatic rings. The molecule has 3 nitrogen and oxygen atoms in total. The van der Waals surface area contributed by atoms with E-state index in [2.05, 4.69) is 32.2 Å². The molecule has 0 aliphatic heterocycles. The van der Waals surface area contributed by atoms with Crippen LogP contribution in [0.25, 0.3) is 0 Å². The van der Waals surface area contributed by atoms with E-state index in [1.54, 1.807) is 12.1 Å². The summed E-state index contributed by atoms with van der Waals surface area (Å²) in [5.41, 5.74) is 8.43. The van der Waals surface area contributed by atoms with Crippen LogP contribution in [0, 0.1) is 5.92 Å². The molecule has 3 heteroatoms. The van der Waals surface area contributed by atoms with E-state index in [0.717, 1.165) is 18.5 Å². The Morgan fingerprint density at radius 2 is 1.95 bits per heavy atom. The zero-order chi connectivity index (χ0) is 14.3. The first kappa shape index (κ1) is 15.3. The predicted molar refractivity (Wildman–Crippen MR) is 81.9 cm³/mol. The Bertz CT molecular complexity index is 431. The lowest BCUT2D eigenvalue weighted by Crippen LogP contribution is -2.15. The summed E-state index contributed by atoms with van der Waals surface area (Å²) >= 11 is 0. The van der Waals surface area contributed by atoms with E-state index >= 15 is 0 Å². The lowest BCUT2D eigenvalue weighted by molar-refractivity contribution is -0.117. The van der Waals surface area contributed by atoms with Gasteiger partial charge in [0.25, 0.3) is 0 Å². The van der Waals surface area contributed by atoms with Crippen LogP contribution in [0.3, 0.4) is 0 Å². The van der Waals surface area contributed by atoms with Crippen LogP contribution in [-0.4, -0.2) is 5.91 Å². The monoisotopic (exact) mass is 260 g/mol. The van der Waals surface area contributed by atoms with Crippen molar-refractivity contribution in [1.82, 2.24) is 0 Å². The molecule has 0 bridgehead atoms. The van der Waals surface area contributed by atoms with Gasteiger partial charge in [-0.2, -0.15) is 0 Å². The van der Waals surface area contributed by atoms with Crippen LogP contribution >= 0.6 is 0 Å². The van der Waals surface area contributed by atoms with Crippen molar-refractivity contribution in [2.24, 2.45) is 5.92 Å². The average Bonchev–Trinajstić information content (AvgIpc) is 2.31. The highest BCUT2D eigenvalue weighted by molar-refractivity contribution is 5.90. The van der Waals surface area contributed by atoms with Crippen LogP contribution in [0.4, 0.5) is 11.4 Å². The summed E-state index contributed by atoms with van der Waals surface area (Å²) < 4.78 is 0. The van der Waals surface area contributed by atoms with E-state index in [-0.39, 0.29) is 5.91 Å². The van der Waals surface area contributed by atoms with Gasteiger partial charge < -0.3 is 11.1 Å². The third kappa shape index (κ3) is 6.65. The minimum Gasteiger partial charge on any atom is -0.399 e. The zero-order valence-corrected chi connectivity index (χ0v) is 12.1. The van der Waals surface area contributed by atoms with E-state index in [1.165, 1.54) is 5.57 Å². The van der Waals surface area contributed by atoms with Crippen molar-refractivity contribution >= 4 is 17.3 Å². The van der Waals surface area contributed by atoms with Crippen LogP contribution in [0.2, 0.25) is 0 Å². The smallest absolute Gasteiger partial charge is 0.224 e. The van der Waals surface area contributed by atoms with E-state index in [1.807, 2.05) is 12.1 Å². The highest BCUT2D eigenvalue weighted by atomic mass is 16.1. The predicted octanol–water partition coefficient (Wildman–Crippen LogP) is 3.98. The largest absolute Gasteiger partial charge is 0.399 e. The molecule has 19 heavy (non-hydrogen) atoms. The maximum atomic E-state index is 11.8. The van der Waals surface area contributed by atoms with Crippen LogP contribution in [0.5, 0.6) is 0 Å². The van der Waals surface area contributed by atoms with Crippen molar-refractivity contribution in [1.29, 1.82) is 0 Å². The standard InChI is InChI=1S/C16H24N2O/c1-12(2)5-4-6-13(3)11-16(19)18-15-9-7-14(17)8-10-15/h5,7-10,13H,4,6,11,17H2,1-3H3,(H,18,19)/t13-/m1/s1. The number of nitrogens with two attached hydrogens (primary N) is 1. The van der Waals surface area contributed by atoms with Crippen molar-refractivity contribution < 1.29 is 4.79 Å². The number of nitrogens with one attached hydrogen (secondary N) is 1. The van der Waals surface area contributed by atoms with Gasteiger partial charge in [-0.05, 0) is 56.9 Å². The van der Waals surface area contributed by atoms with E-state index in [4.69, 9.17) is 5.73 Å². The second kappa shape index (κ2) is 7.62. The highest BCUT2D eigenvalue weighted by Gasteiger charge is 2.08. The molecular weight excluding hydrogens is 236 g/mol. The summed E-state index contributed by atoms with van der Waals surface area (Å²) in [6.07, 6.45) is 4.86. The number of allylic oxidation sites excluding steroid dienone is 2. The molecule has 1 rings (SSSR count). The summed E-state index contributed by atoms with van der Waals surface area (Å²) in [5.74, 6) is 0.457. The molecule has 104 valence electrons. The van der Waals surface area contributed by atoms with Crippen LogP contribution in [-0.2, 0) is 4.79 Å². The molecule has 0 unspecified atom stereocenters. The van der Waals surface area contributed by atoms with Crippen molar-refractivity contribution in [2.75, 3.05) is 11.1 Å². The Hall–Kier alpha value is -1.77. The maximum Gasteiger partial charge on any atom is 0.224 e. The number of carbonyl (C=O) groups excluding carboxylic acids is 1. The summed E-state index contributed by atoms with van der Waals surface area (Å²) in [5, 5.41) is 2.89. The van der Waals surface area contributed by atoms with Crippen molar-refractivity contribution in [3.63, 3.8) is 0 Å². The molecule has 3 N–H and O–H groups in total. The minimum absolute atomic E-state index is 0.0643. The normalized spacial score (nSPS) is 11.7. The third-order valence-electron chi connectivity index (χ3n) is 2.94. The Morgan fingerprint density at radius 3 is 2.53 bits per heavy atom. The van der Waals surface area contributed by atoms with Gasteiger partial charge in [0.2, 0.25) is 5.91 Å². The van der Waals surface area contributed by atoms with Gasteiger partial charge >= 0.3 is 0 Å². The van der Waals surface area contributed by atoms with Crippen LogP contribution < -0.4 is 11.1 Å². The molecular formula is C16H24N2O. The van der Waals surface area contributed by atoms with Gasteiger partial charge in [0, 0.05) is 17.8 Å². The average molecular weight is 260 g/mol. The zero-order valence-electron chi connectivity index (χ0n) is 12.1. The Kier molecular flexibility index (Phi) is 6.13. The number of anilines is 2. The van der Waals surface area contributed by atoms with Crippen molar-refractivity contribution in [2.45, 2.75) is 40.0 Å². The number of amides is 1. The molecule has 0 saturated carbocycles. The van der Waals surface area contributed by atoms with E-state index < -0.39 is 0 Å². The number of hydrogen-bond donors (Lipinski definition) is 2. The van der Waals surface area contributed by atoms with Gasteiger partial charge in [0.1, 0.15) is 0 Å². The highest BCUT2D eigenvalue weighted by Crippen LogP contribution is 2.15. The number of carbonyl (C=O) groups is 1. The van der Waals surface area contributed by atoms with E-state index in [9.17, 15) is 4.79 Å². The summed E-state index contributed by atoms with van der Waals surface area (Å²) in [6, 6.07) is 7.21. The fourth-order valence-corrected chi connectivity index (χ4v) is 1.85. The Labute approximate surface area is 115 Å². The number of nitrogen functional groups attached to an aromatic ring is 1. The molecule has 0 fully saturated rings. The molecule has 1 atom stereocenters. The molecule has 0 heterocycles. The van der Waals surface area contributed by atoms with Gasteiger partial charge in [-0.1, -0.05) is 18.6 Å². The van der Waals surface area contributed by atoms with Crippen LogP contribution in [0.15, 0.2) is 35.9 Å². The fourth-order valence-electron chi connectivity index (χ4n) is 1.85. The quantitative estimate of drug-likeness (QED) is 0.600. The number of rotatable bonds is 6. The first-order chi connectivity index (χ1) is 8.97. The number of hydrogen-bond acceptors (Lipinski definition) is 2. The molecule has 0 aromatic heterocycles. The van der Waals surface area contributed by atoms with Crippen LogP contribution in [0.1, 0.15) is 40.0 Å². The number of benzene rings is 1. The van der Waals surface area contributed by atoms with Gasteiger partial charge in [-0.25, -0.2) is 0 Å². The Morgan fingerprint density at radius 1 is 1.32 bits per heavy atom. The summed E-state index contributed by atoms with van der Waals surface area (Å²) in [6.45, 7) is 6.30. The van der Waals surface area contributed by atoms with Crippen molar-refractivity contribution in [3.8, 4) is 0 Å². The van der Waals surface area contributed by atoms with Gasteiger partial charge in [0.05, 0.1) is 0 Å². The molecule has 0 aliphatic carbocycles. The first-order valence-corrected chi connectivity index (χ1v) is 6.76. The minimum atomic E-state index is 0.0643. The van der Waals surface area contributed by atoms with E-state index in [0.29, 0.717) is 18.0 Å². The lowest BCUT2D eigenvalue weighted by Gasteiger charge is -2.10. The Balaban J connectivity index is 2.34. The second-order valence-electron chi connectivity index (χ2n) is 5.34. The second-order valence-corrected chi connectivity index (χ2v) is 5.34.